The van der Waals surface area contributed by atoms with Gasteiger partial charge in [0.05, 0.1) is 11.9 Å². The molecule has 26 heavy (non-hydrogen) atoms. The summed E-state index contributed by atoms with van der Waals surface area (Å²) in [5.41, 5.74) is 2.80. The second-order valence-electron chi connectivity index (χ2n) is 6.65. The molecule has 6 nitrogen and oxygen atoms in total. The summed E-state index contributed by atoms with van der Waals surface area (Å²) < 4.78 is 0. The van der Waals surface area contributed by atoms with Gasteiger partial charge in [0.25, 0.3) is 0 Å². The highest BCUT2D eigenvalue weighted by atomic mass is 16.2. The Morgan fingerprint density at radius 3 is 2.58 bits per heavy atom. The number of likely N-dealkylation sites (tertiary alicyclic amines) is 1. The topological polar surface area (TPSA) is 74.8 Å². The van der Waals surface area contributed by atoms with E-state index in [1.807, 2.05) is 53.8 Å². The minimum Gasteiger partial charge on any atom is -0.342 e. The fourth-order valence-corrected chi connectivity index (χ4v) is 3.38. The number of nitrogens with one attached hydrogen (secondary N) is 1. The highest BCUT2D eigenvalue weighted by Crippen LogP contribution is 2.27. The molecule has 1 amide bonds. The standard InChI is InChI=1S/C20H21N5O/c1-14(26)25-9-5-8-16(13-25)20-23-12-18(24-20)17-10-21-19(22-11-17)15-6-3-2-4-7-15/h2-4,6-7,10-12,16H,5,8-9,13H2,1H3,(H,23,24). The smallest absolute Gasteiger partial charge is 0.219 e. The largest absolute Gasteiger partial charge is 0.342 e. The van der Waals surface area contributed by atoms with Gasteiger partial charge in [-0.1, -0.05) is 30.3 Å². The SMILES string of the molecule is CC(=O)N1CCCC(c2ncc(-c3cnc(-c4ccccc4)nc3)[nH]2)C1. The molecule has 2 aromatic heterocycles. The molecule has 4 rings (SSSR count). The van der Waals surface area contributed by atoms with E-state index in [1.165, 1.54) is 0 Å². The van der Waals surface area contributed by atoms with Gasteiger partial charge in [-0.3, -0.25) is 4.79 Å². The molecule has 1 N–H and O–H groups in total. The quantitative estimate of drug-likeness (QED) is 0.789. The number of benzene rings is 1. The molecule has 1 aliphatic heterocycles. The number of imidazole rings is 1. The van der Waals surface area contributed by atoms with Crippen molar-refractivity contribution in [2.24, 2.45) is 0 Å². The molecular weight excluding hydrogens is 326 g/mol. The summed E-state index contributed by atoms with van der Waals surface area (Å²) in [6, 6.07) is 9.91. The number of hydrogen-bond donors (Lipinski definition) is 1. The molecule has 1 saturated heterocycles. The second-order valence-corrected chi connectivity index (χ2v) is 6.65. The zero-order valence-corrected chi connectivity index (χ0v) is 14.7. The number of carbonyl (C=O) groups is 1. The van der Waals surface area contributed by atoms with Crippen molar-refractivity contribution in [3.63, 3.8) is 0 Å². The van der Waals surface area contributed by atoms with Gasteiger partial charge in [0, 0.05) is 49.5 Å². The van der Waals surface area contributed by atoms with Gasteiger partial charge in [-0.15, -0.1) is 0 Å². The van der Waals surface area contributed by atoms with Crippen molar-refractivity contribution in [3.05, 3.63) is 54.7 Å². The summed E-state index contributed by atoms with van der Waals surface area (Å²) in [7, 11) is 0. The van der Waals surface area contributed by atoms with E-state index in [4.69, 9.17) is 0 Å². The number of aromatic amines is 1. The number of piperidine rings is 1. The summed E-state index contributed by atoms with van der Waals surface area (Å²) in [6.45, 7) is 3.20. The predicted molar refractivity (Wildman–Crippen MR) is 99.3 cm³/mol. The molecule has 6 heteroatoms. The number of hydrogen-bond acceptors (Lipinski definition) is 4. The third-order valence-electron chi connectivity index (χ3n) is 4.84. The molecule has 1 aliphatic rings. The number of rotatable bonds is 3. The van der Waals surface area contributed by atoms with E-state index in [0.29, 0.717) is 5.82 Å². The van der Waals surface area contributed by atoms with Crippen LogP contribution in [0.5, 0.6) is 0 Å². The Morgan fingerprint density at radius 2 is 1.85 bits per heavy atom. The van der Waals surface area contributed by atoms with E-state index in [2.05, 4.69) is 19.9 Å². The first-order chi connectivity index (χ1) is 12.7. The van der Waals surface area contributed by atoms with Crippen LogP contribution in [-0.2, 0) is 4.79 Å². The Hall–Kier alpha value is -3.02. The first kappa shape index (κ1) is 16.4. The maximum Gasteiger partial charge on any atom is 0.219 e. The molecule has 1 atom stereocenters. The molecule has 1 fully saturated rings. The van der Waals surface area contributed by atoms with Gasteiger partial charge in [0.2, 0.25) is 5.91 Å². The average molecular weight is 347 g/mol. The van der Waals surface area contributed by atoms with Crippen LogP contribution < -0.4 is 0 Å². The molecule has 132 valence electrons. The number of carbonyl (C=O) groups excluding carboxylic acids is 1. The Labute approximate surface area is 152 Å². The average Bonchev–Trinajstić information content (AvgIpc) is 3.19. The molecule has 1 unspecified atom stereocenters. The maximum absolute atomic E-state index is 11.6. The molecule has 3 heterocycles. The lowest BCUT2D eigenvalue weighted by atomic mass is 9.97. The summed E-state index contributed by atoms with van der Waals surface area (Å²) >= 11 is 0. The van der Waals surface area contributed by atoms with Gasteiger partial charge in [-0.25, -0.2) is 15.0 Å². The van der Waals surface area contributed by atoms with E-state index in [1.54, 1.807) is 6.92 Å². The molecule has 0 aliphatic carbocycles. The Balaban J connectivity index is 1.52. The van der Waals surface area contributed by atoms with Gasteiger partial charge >= 0.3 is 0 Å². The van der Waals surface area contributed by atoms with Gasteiger partial charge in [0.1, 0.15) is 5.82 Å². The molecular formula is C20H21N5O. The van der Waals surface area contributed by atoms with Crippen molar-refractivity contribution in [2.75, 3.05) is 13.1 Å². The van der Waals surface area contributed by atoms with Crippen molar-refractivity contribution >= 4 is 5.91 Å². The number of nitrogens with zero attached hydrogens (tertiary/aromatic N) is 4. The zero-order chi connectivity index (χ0) is 17.9. The van der Waals surface area contributed by atoms with Crippen LogP contribution in [0.3, 0.4) is 0 Å². The summed E-state index contributed by atoms with van der Waals surface area (Å²) in [5.74, 6) is 2.02. The lowest BCUT2D eigenvalue weighted by Crippen LogP contribution is -2.37. The van der Waals surface area contributed by atoms with E-state index in [9.17, 15) is 4.79 Å². The monoisotopic (exact) mass is 347 g/mol. The second kappa shape index (κ2) is 7.07. The fourth-order valence-electron chi connectivity index (χ4n) is 3.38. The first-order valence-electron chi connectivity index (χ1n) is 8.89. The van der Waals surface area contributed by atoms with Gasteiger partial charge in [-0.2, -0.15) is 0 Å². The highest BCUT2D eigenvalue weighted by Gasteiger charge is 2.25. The van der Waals surface area contributed by atoms with Crippen LogP contribution >= 0.6 is 0 Å². The van der Waals surface area contributed by atoms with Gasteiger partial charge in [-0.05, 0) is 12.8 Å². The van der Waals surface area contributed by atoms with Crippen molar-refractivity contribution in [1.82, 2.24) is 24.8 Å². The first-order valence-corrected chi connectivity index (χ1v) is 8.89. The van der Waals surface area contributed by atoms with Crippen LogP contribution in [0.2, 0.25) is 0 Å². The molecule has 0 bridgehead atoms. The van der Waals surface area contributed by atoms with Crippen LogP contribution in [-0.4, -0.2) is 43.8 Å². The van der Waals surface area contributed by atoms with Crippen LogP contribution in [0.1, 0.15) is 31.5 Å². The molecule has 1 aromatic carbocycles. The van der Waals surface area contributed by atoms with E-state index >= 15 is 0 Å². The Kier molecular flexibility index (Phi) is 4.48. The van der Waals surface area contributed by atoms with Crippen molar-refractivity contribution in [1.29, 1.82) is 0 Å². The minimum absolute atomic E-state index is 0.131. The zero-order valence-electron chi connectivity index (χ0n) is 14.7. The lowest BCUT2D eigenvalue weighted by molar-refractivity contribution is -0.130. The molecule has 0 saturated carbocycles. The number of aromatic nitrogens is 4. The molecule has 0 radical (unpaired) electrons. The number of amides is 1. The summed E-state index contributed by atoms with van der Waals surface area (Å²) in [6.07, 6.45) is 7.50. The minimum atomic E-state index is 0.131. The normalized spacial score (nSPS) is 17.3. The van der Waals surface area contributed by atoms with Crippen LogP contribution in [0.4, 0.5) is 0 Å². The number of H-pyrrole nitrogens is 1. The Morgan fingerprint density at radius 1 is 1.08 bits per heavy atom. The third-order valence-corrected chi connectivity index (χ3v) is 4.84. The summed E-state index contributed by atoms with van der Waals surface area (Å²) in [5, 5.41) is 0. The van der Waals surface area contributed by atoms with E-state index in [-0.39, 0.29) is 11.8 Å². The van der Waals surface area contributed by atoms with E-state index < -0.39 is 0 Å². The fraction of sp³-hybridized carbons (Fsp3) is 0.300. The van der Waals surface area contributed by atoms with Gasteiger partial charge < -0.3 is 9.88 Å². The van der Waals surface area contributed by atoms with Crippen molar-refractivity contribution in [3.8, 4) is 22.6 Å². The van der Waals surface area contributed by atoms with Crippen LogP contribution in [0, 0.1) is 0 Å². The maximum atomic E-state index is 11.6. The Bertz CT molecular complexity index is 888. The lowest BCUT2D eigenvalue weighted by Gasteiger charge is -2.31. The third kappa shape index (κ3) is 3.35. The van der Waals surface area contributed by atoms with Crippen LogP contribution in [0.25, 0.3) is 22.6 Å². The highest BCUT2D eigenvalue weighted by molar-refractivity contribution is 5.73. The van der Waals surface area contributed by atoms with Crippen LogP contribution in [0.15, 0.2) is 48.9 Å². The van der Waals surface area contributed by atoms with Crippen molar-refractivity contribution in [2.45, 2.75) is 25.7 Å². The summed E-state index contributed by atoms with van der Waals surface area (Å²) in [4.78, 5) is 30.4. The molecule has 3 aromatic rings. The van der Waals surface area contributed by atoms with Crippen molar-refractivity contribution < 1.29 is 4.79 Å². The predicted octanol–water partition coefficient (Wildman–Crippen LogP) is 3.26. The molecule has 0 spiro atoms. The van der Waals surface area contributed by atoms with Gasteiger partial charge in [0.15, 0.2) is 5.82 Å². The van der Waals surface area contributed by atoms with E-state index in [0.717, 1.165) is 48.6 Å².